The van der Waals surface area contributed by atoms with Gasteiger partial charge in [-0.25, -0.2) is 0 Å². The first-order valence-electron chi connectivity index (χ1n) is 0. The molecule has 0 aromatic carbocycles. The van der Waals surface area contributed by atoms with E-state index in [1.807, 2.05) is 0 Å². The van der Waals surface area contributed by atoms with E-state index < -0.39 is 0 Å². The minimum absolute atomic E-state index is 0. The van der Waals surface area contributed by atoms with Crippen LogP contribution in [0.4, 0.5) is 0 Å². The van der Waals surface area contributed by atoms with Crippen molar-refractivity contribution in [1.82, 2.24) is 0 Å². The van der Waals surface area contributed by atoms with E-state index in [-0.39, 0.29) is 100 Å². The fraction of sp³-hybridized carbons (Fsp3) is 0. The van der Waals surface area contributed by atoms with Crippen LogP contribution in [0.15, 0.2) is 0 Å². The first-order chi connectivity index (χ1) is 0. The smallest absolute Gasteiger partial charge is 0.870 e. The summed E-state index contributed by atoms with van der Waals surface area (Å²) in [6.07, 6.45) is 0. The second-order valence-electron chi connectivity index (χ2n) is 0. The summed E-state index contributed by atoms with van der Waals surface area (Å²) in [6.45, 7) is 0. The van der Waals surface area contributed by atoms with Crippen LogP contribution in [-0.4, -0.2) is 27.4 Å². The average Bonchev–Trinajstić information content (AvgIpc) is 0. The zero-order chi connectivity index (χ0) is 0. The molecule has 0 spiro atoms. The first-order valence-corrected chi connectivity index (χ1v) is 0. The summed E-state index contributed by atoms with van der Waals surface area (Å²) in [5.41, 5.74) is 0. The molecule has 0 saturated carbocycles. The van der Waals surface area contributed by atoms with Crippen molar-refractivity contribution < 1.29 is 100 Å². The fourth-order valence-electron chi connectivity index (χ4n) is 0. The van der Waals surface area contributed by atoms with Crippen LogP contribution >= 0.6 is 0 Å². The van der Waals surface area contributed by atoms with Gasteiger partial charge in [-0.1, -0.05) is 0 Å². The van der Waals surface area contributed by atoms with Crippen LogP contribution in [0.2, 0.25) is 0 Å². The van der Waals surface area contributed by atoms with Crippen molar-refractivity contribution in [3.63, 3.8) is 0 Å². The maximum atomic E-state index is 0. The maximum absolute atomic E-state index is 0. The van der Waals surface area contributed by atoms with Crippen molar-refractivity contribution in [2.24, 2.45) is 0 Å². The zero-order valence-corrected chi connectivity index (χ0v) is 9.52. The molecule has 0 saturated heterocycles. The molecule has 5 nitrogen and oxygen atoms in total. The van der Waals surface area contributed by atoms with Crippen molar-refractivity contribution in [3.05, 3.63) is 0 Å². The van der Waals surface area contributed by atoms with Crippen molar-refractivity contribution in [2.75, 3.05) is 0 Å². The minimum Gasteiger partial charge on any atom is -0.870 e. The van der Waals surface area contributed by atoms with E-state index in [1.54, 1.807) is 0 Å². The predicted molar refractivity (Wildman–Crippen MR) is 14.7 cm³/mol. The summed E-state index contributed by atoms with van der Waals surface area (Å²) in [4.78, 5) is 0. The van der Waals surface area contributed by atoms with Crippen LogP contribution in [-0.2, 0) is 43.4 Å². The van der Waals surface area contributed by atoms with Gasteiger partial charge in [-0.15, -0.1) is 0 Å². The number of hydrogen-bond acceptors (Lipinski definition) is 2. The minimum atomic E-state index is 0. The normalized spacial score (nSPS) is 0. The maximum Gasteiger partial charge on any atom is 1.00 e. The summed E-state index contributed by atoms with van der Waals surface area (Å²) in [7, 11) is 0. The molecular weight excluding hydrogens is 199 g/mol. The molecule has 0 heterocycles. The second kappa shape index (κ2) is 126. The van der Waals surface area contributed by atoms with Gasteiger partial charge in [-0.2, -0.15) is 0 Å². The summed E-state index contributed by atoms with van der Waals surface area (Å²) < 4.78 is 0. The Morgan fingerprint density at radius 1 is 0.500 bits per heavy atom. The Morgan fingerprint density at radius 3 is 0.500 bits per heavy atom. The molecule has 8 N–H and O–H groups in total. The molecule has 8 heteroatoms. The van der Waals surface area contributed by atoms with Crippen LogP contribution < -0.4 is 29.6 Å². The van der Waals surface area contributed by atoms with Gasteiger partial charge >= 0.3 is 29.6 Å². The first kappa shape index (κ1) is 175. The summed E-state index contributed by atoms with van der Waals surface area (Å²) in [6, 6.07) is 0. The molecule has 0 rings (SSSR count). The predicted octanol–water partition coefficient (Wildman–Crippen LogP) is -5.83. The Hall–Kier alpha value is 2.23. The Morgan fingerprint density at radius 2 is 0.500 bits per heavy atom. The van der Waals surface area contributed by atoms with E-state index in [4.69, 9.17) is 0 Å². The van der Waals surface area contributed by atoms with E-state index in [1.165, 1.54) is 0 Å². The Kier molecular flexibility index (Phi) is 2760. The van der Waals surface area contributed by atoms with E-state index in [0.29, 0.717) is 0 Å². The largest absolute Gasteiger partial charge is 1.00 e. The van der Waals surface area contributed by atoms with Crippen molar-refractivity contribution in [2.45, 2.75) is 0 Å². The second-order valence-corrected chi connectivity index (χ2v) is 0. The molecular formula is H8NaO5Ti2-. The van der Waals surface area contributed by atoms with Crippen molar-refractivity contribution in [1.29, 1.82) is 0 Å². The van der Waals surface area contributed by atoms with Crippen LogP contribution in [0, 0.1) is 0 Å². The van der Waals surface area contributed by atoms with Gasteiger partial charge in [0, 0.05) is 43.4 Å². The molecule has 0 aliphatic rings. The van der Waals surface area contributed by atoms with Crippen molar-refractivity contribution >= 4 is 0 Å². The van der Waals surface area contributed by atoms with Gasteiger partial charge < -0.3 is 27.4 Å². The average molecular weight is 207 g/mol. The zero-order valence-electron chi connectivity index (χ0n) is 4.39. The van der Waals surface area contributed by atoms with Gasteiger partial charge in [0.05, 0.1) is 0 Å². The van der Waals surface area contributed by atoms with Gasteiger partial charge in [0.25, 0.3) is 0 Å². The molecule has 48 valence electrons. The fourth-order valence-corrected chi connectivity index (χ4v) is 0. The van der Waals surface area contributed by atoms with Gasteiger partial charge in [0.15, 0.2) is 0 Å². The van der Waals surface area contributed by atoms with Gasteiger partial charge in [-0.05, 0) is 0 Å². The Balaban J connectivity index is 0. The van der Waals surface area contributed by atoms with Crippen LogP contribution in [0.1, 0.15) is 0 Å². The van der Waals surface area contributed by atoms with Crippen LogP contribution in [0.3, 0.4) is 0 Å². The molecule has 0 aliphatic heterocycles. The van der Waals surface area contributed by atoms with E-state index >= 15 is 0 Å². The van der Waals surface area contributed by atoms with Crippen molar-refractivity contribution in [3.8, 4) is 0 Å². The van der Waals surface area contributed by atoms with E-state index in [2.05, 4.69) is 0 Å². The quantitative estimate of drug-likeness (QED) is 0.362. The molecule has 8 heavy (non-hydrogen) atoms. The molecule has 0 aromatic heterocycles. The molecule has 0 fully saturated rings. The topological polar surface area (TPSA) is 154 Å². The molecule has 0 aromatic rings. The third-order valence-corrected chi connectivity index (χ3v) is 0. The SMILES string of the molecule is O.O.O.[Na+].[OH-].[OH-].[Ti].[Ti]. The monoisotopic (exact) mass is 207 g/mol. The Labute approximate surface area is 99.2 Å². The number of hydrogen-bond donors (Lipinski definition) is 0. The van der Waals surface area contributed by atoms with E-state index in [9.17, 15) is 0 Å². The van der Waals surface area contributed by atoms with Gasteiger partial charge in [0.1, 0.15) is 0 Å². The standard InChI is InChI=1S/Na.5H2O.2Ti/h;5*1H2;;/q+1;;;;;;;/p-2. The van der Waals surface area contributed by atoms with Crippen LogP contribution in [0.5, 0.6) is 0 Å². The summed E-state index contributed by atoms with van der Waals surface area (Å²) in [5, 5.41) is 0. The van der Waals surface area contributed by atoms with Gasteiger partial charge in [0.2, 0.25) is 0 Å². The van der Waals surface area contributed by atoms with E-state index in [0.717, 1.165) is 0 Å². The molecule has 0 aliphatic carbocycles. The van der Waals surface area contributed by atoms with Gasteiger partial charge in [-0.3, -0.25) is 0 Å². The molecule has 0 unspecified atom stereocenters. The molecule has 0 radical (unpaired) electrons. The third kappa shape index (κ3) is 86.6. The molecule has 0 bridgehead atoms. The third-order valence-electron chi connectivity index (χ3n) is 0. The molecule has 0 atom stereocenters. The summed E-state index contributed by atoms with van der Waals surface area (Å²) >= 11 is 0. The van der Waals surface area contributed by atoms with Crippen LogP contribution in [0.25, 0.3) is 0 Å². The Bertz CT molecular complexity index is 10.4. The number of rotatable bonds is 0. The summed E-state index contributed by atoms with van der Waals surface area (Å²) in [5.74, 6) is 0. The molecule has 0 amide bonds.